The van der Waals surface area contributed by atoms with Gasteiger partial charge in [0, 0.05) is 13.1 Å². The van der Waals surface area contributed by atoms with Crippen molar-refractivity contribution in [2.75, 3.05) is 7.05 Å². The smallest absolute Gasteiger partial charge is 0.290 e. The van der Waals surface area contributed by atoms with Gasteiger partial charge in [0.15, 0.2) is 5.75 Å². The van der Waals surface area contributed by atoms with Crippen molar-refractivity contribution in [1.29, 1.82) is 0 Å². The highest BCUT2D eigenvalue weighted by molar-refractivity contribution is 5.93. The van der Waals surface area contributed by atoms with Crippen LogP contribution < -0.4 is 5.32 Å². The Bertz CT molecular complexity index is 277. The quantitative estimate of drug-likeness (QED) is 0.626. The first-order valence-electron chi connectivity index (χ1n) is 3.16. The monoisotopic (exact) mass is 155 g/mol. The lowest BCUT2D eigenvalue weighted by molar-refractivity contribution is 0.0930. The zero-order valence-electron chi connectivity index (χ0n) is 6.34. The number of nitrogens with one attached hydrogen (secondary N) is 1. The van der Waals surface area contributed by atoms with Crippen LogP contribution in [0.2, 0.25) is 0 Å². The van der Waals surface area contributed by atoms with Crippen LogP contribution in [0.3, 0.4) is 0 Å². The molecule has 0 spiro atoms. The maximum absolute atomic E-state index is 10.9. The number of hydrogen-bond acceptors (Lipinski definition) is 3. The van der Waals surface area contributed by atoms with Gasteiger partial charge in [0.1, 0.15) is 5.76 Å². The van der Waals surface area contributed by atoms with Crippen LogP contribution in [-0.4, -0.2) is 18.1 Å². The number of aryl methyl sites for hydroxylation is 1. The molecule has 1 rings (SSSR count). The van der Waals surface area contributed by atoms with Crippen LogP contribution in [0.1, 0.15) is 16.3 Å². The van der Waals surface area contributed by atoms with Crippen molar-refractivity contribution in [3.8, 4) is 5.75 Å². The molecule has 0 aliphatic heterocycles. The van der Waals surface area contributed by atoms with Gasteiger partial charge in [-0.2, -0.15) is 0 Å². The van der Waals surface area contributed by atoms with Gasteiger partial charge in [-0.1, -0.05) is 0 Å². The predicted octanol–water partition coefficient (Wildman–Crippen LogP) is 0.653. The lowest BCUT2D eigenvalue weighted by atomic mass is 10.4. The summed E-state index contributed by atoms with van der Waals surface area (Å²) in [5.74, 6) is -0.0662. The number of rotatable bonds is 1. The number of carbonyl (C=O) groups excluding carboxylic acids is 1. The molecule has 0 atom stereocenters. The molecule has 0 radical (unpaired) electrons. The molecule has 4 nitrogen and oxygen atoms in total. The maximum atomic E-state index is 10.9. The molecule has 1 heterocycles. The molecule has 0 saturated carbocycles. The summed E-state index contributed by atoms with van der Waals surface area (Å²) in [6, 6.07) is 1.39. The summed E-state index contributed by atoms with van der Waals surface area (Å²) in [5.41, 5.74) is 0. The minimum Gasteiger partial charge on any atom is -0.504 e. The van der Waals surface area contributed by atoms with Crippen LogP contribution in [-0.2, 0) is 0 Å². The third-order valence-corrected chi connectivity index (χ3v) is 1.27. The Balaban J connectivity index is 3.03. The lowest BCUT2D eigenvalue weighted by Gasteiger charge is -1.93. The number of furan rings is 1. The third-order valence-electron chi connectivity index (χ3n) is 1.27. The molecule has 0 fully saturated rings. The summed E-state index contributed by atoms with van der Waals surface area (Å²) in [6.45, 7) is 1.66. The van der Waals surface area contributed by atoms with Crippen LogP contribution in [0.5, 0.6) is 5.75 Å². The normalized spacial score (nSPS) is 9.64. The molecular formula is C7H9NO3. The van der Waals surface area contributed by atoms with E-state index in [2.05, 4.69) is 5.32 Å². The molecule has 2 N–H and O–H groups in total. The SMILES string of the molecule is CNC(=O)c1oc(C)cc1O. The second kappa shape index (κ2) is 2.65. The number of carbonyl (C=O) groups is 1. The fraction of sp³-hybridized carbons (Fsp3) is 0.286. The minimum atomic E-state index is -0.421. The summed E-state index contributed by atoms with van der Waals surface area (Å²) in [7, 11) is 1.47. The van der Waals surface area contributed by atoms with Gasteiger partial charge in [0.25, 0.3) is 5.91 Å². The van der Waals surface area contributed by atoms with E-state index >= 15 is 0 Å². The zero-order chi connectivity index (χ0) is 8.43. The first-order valence-corrected chi connectivity index (χ1v) is 3.16. The van der Waals surface area contributed by atoms with Gasteiger partial charge >= 0.3 is 0 Å². The van der Waals surface area contributed by atoms with Crippen molar-refractivity contribution in [2.24, 2.45) is 0 Å². The average Bonchev–Trinajstić information content (AvgIpc) is 2.28. The van der Waals surface area contributed by atoms with Gasteiger partial charge < -0.3 is 14.8 Å². The van der Waals surface area contributed by atoms with E-state index in [0.29, 0.717) is 5.76 Å². The Morgan fingerprint density at radius 3 is 2.73 bits per heavy atom. The predicted molar refractivity (Wildman–Crippen MR) is 38.5 cm³/mol. The highest BCUT2D eigenvalue weighted by atomic mass is 16.4. The van der Waals surface area contributed by atoms with Gasteiger partial charge in [-0.3, -0.25) is 4.79 Å². The molecule has 4 heteroatoms. The molecule has 0 aromatic carbocycles. The molecule has 0 aliphatic rings. The van der Waals surface area contributed by atoms with E-state index in [1.165, 1.54) is 13.1 Å². The van der Waals surface area contributed by atoms with Crippen molar-refractivity contribution in [3.05, 3.63) is 17.6 Å². The van der Waals surface area contributed by atoms with E-state index in [4.69, 9.17) is 9.52 Å². The van der Waals surface area contributed by atoms with E-state index in [1.807, 2.05) is 0 Å². The Morgan fingerprint density at radius 1 is 1.73 bits per heavy atom. The molecule has 1 aromatic rings. The van der Waals surface area contributed by atoms with E-state index in [-0.39, 0.29) is 11.5 Å². The van der Waals surface area contributed by atoms with Crippen molar-refractivity contribution in [1.82, 2.24) is 5.32 Å². The first-order chi connectivity index (χ1) is 5.15. The summed E-state index contributed by atoms with van der Waals surface area (Å²) < 4.78 is 4.90. The maximum Gasteiger partial charge on any atom is 0.290 e. The molecule has 0 unspecified atom stereocenters. The molecule has 11 heavy (non-hydrogen) atoms. The molecule has 1 aromatic heterocycles. The number of hydrogen-bond donors (Lipinski definition) is 2. The van der Waals surface area contributed by atoms with Gasteiger partial charge in [0.2, 0.25) is 5.76 Å². The van der Waals surface area contributed by atoms with E-state index < -0.39 is 5.91 Å². The standard InChI is InChI=1S/C7H9NO3/c1-4-3-5(9)6(11-4)7(10)8-2/h3,9H,1-2H3,(H,8,10). The summed E-state index contributed by atoms with van der Waals surface area (Å²) in [6.07, 6.45) is 0. The summed E-state index contributed by atoms with van der Waals surface area (Å²) in [5, 5.41) is 11.4. The van der Waals surface area contributed by atoms with Crippen LogP contribution >= 0.6 is 0 Å². The number of amides is 1. The Kier molecular flexibility index (Phi) is 1.85. The van der Waals surface area contributed by atoms with Crippen LogP contribution in [0.4, 0.5) is 0 Å². The number of aromatic hydroxyl groups is 1. The van der Waals surface area contributed by atoms with Crippen molar-refractivity contribution in [3.63, 3.8) is 0 Å². The second-order valence-corrected chi connectivity index (χ2v) is 2.15. The second-order valence-electron chi connectivity index (χ2n) is 2.15. The molecule has 0 bridgehead atoms. The van der Waals surface area contributed by atoms with Crippen LogP contribution in [0.25, 0.3) is 0 Å². The van der Waals surface area contributed by atoms with E-state index in [9.17, 15) is 4.79 Å². The minimum absolute atomic E-state index is 0.0370. The highest BCUT2D eigenvalue weighted by Crippen LogP contribution is 2.20. The average molecular weight is 155 g/mol. The van der Waals surface area contributed by atoms with E-state index in [0.717, 1.165) is 0 Å². The van der Waals surface area contributed by atoms with Crippen LogP contribution in [0.15, 0.2) is 10.5 Å². The van der Waals surface area contributed by atoms with Gasteiger partial charge in [0.05, 0.1) is 0 Å². The van der Waals surface area contributed by atoms with Crippen molar-refractivity contribution in [2.45, 2.75) is 6.92 Å². The zero-order valence-corrected chi connectivity index (χ0v) is 6.34. The topological polar surface area (TPSA) is 62.5 Å². The largest absolute Gasteiger partial charge is 0.504 e. The van der Waals surface area contributed by atoms with Crippen molar-refractivity contribution >= 4 is 5.91 Å². The van der Waals surface area contributed by atoms with Crippen molar-refractivity contribution < 1.29 is 14.3 Å². The molecule has 0 saturated heterocycles. The van der Waals surface area contributed by atoms with Gasteiger partial charge in [-0.25, -0.2) is 0 Å². The van der Waals surface area contributed by atoms with Gasteiger partial charge in [-0.05, 0) is 6.92 Å². The first kappa shape index (κ1) is 7.65. The van der Waals surface area contributed by atoms with Crippen LogP contribution in [0, 0.1) is 6.92 Å². The molecule has 1 amide bonds. The fourth-order valence-electron chi connectivity index (χ4n) is 0.777. The van der Waals surface area contributed by atoms with E-state index in [1.54, 1.807) is 6.92 Å². The Morgan fingerprint density at radius 2 is 2.36 bits per heavy atom. The Labute approximate surface area is 63.8 Å². The molecule has 60 valence electrons. The Hall–Kier alpha value is -1.45. The third kappa shape index (κ3) is 1.34. The summed E-state index contributed by atoms with van der Waals surface area (Å²) >= 11 is 0. The fourth-order valence-corrected chi connectivity index (χ4v) is 0.777. The highest BCUT2D eigenvalue weighted by Gasteiger charge is 2.14. The molecular weight excluding hydrogens is 146 g/mol. The van der Waals surface area contributed by atoms with Gasteiger partial charge in [-0.15, -0.1) is 0 Å². The summed E-state index contributed by atoms with van der Waals surface area (Å²) in [4.78, 5) is 10.9. The lowest BCUT2D eigenvalue weighted by Crippen LogP contribution is -2.16. The molecule has 0 aliphatic carbocycles.